The second kappa shape index (κ2) is 11.5. The van der Waals surface area contributed by atoms with Crippen LogP contribution in [-0.4, -0.2) is 20.9 Å². The van der Waals surface area contributed by atoms with Crippen LogP contribution in [0.15, 0.2) is 35.7 Å². The van der Waals surface area contributed by atoms with E-state index in [1.165, 1.54) is 10.5 Å². The first-order valence-corrected chi connectivity index (χ1v) is 11.3. The van der Waals surface area contributed by atoms with Crippen molar-refractivity contribution in [3.8, 4) is 5.75 Å². The van der Waals surface area contributed by atoms with Gasteiger partial charge in [0.1, 0.15) is 12.4 Å². The molecular formula is C24H34O4S. The van der Waals surface area contributed by atoms with Gasteiger partial charge in [0.05, 0.1) is 18.8 Å². The Morgan fingerprint density at radius 2 is 1.79 bits per heavy atom. The highest BCUT2D eigenvalue weighted by Crippen LogP contribution is 2.29. The maximum Gasteiger partial charge on any atom is 0.120 e. The van der Waals surface area contributed by atoms with E-state index in [1.54, 1.807) is 23.5 Å². The van der Waals surface area contributed by atoms with Crippen LogP contribution in [0.1, 0.15) is 74.4 Å². The molecule has 0 fully saturated rings. The lowest BCUT2D eigenvalue weighted by Crippen LogP contribution is -2.25. The summed E-state index contributed by atoms with van der Waals surface area (Å²) >= 11 is 1.72. The Morgan fingerprint density at radius 1 is 1.07 bits per heavy atom. The van der Waals surface area contributed by atoms with Crippen LogP contribution in [-0.2, 0) is 19.8 Å². The van der Waals surface area contributed by atoms with Crippen LogP contribution < -0.4 is 4.74 Å². The highest BCUT2D eigenvalue weighted by Gasteiger charge is 2.20. The van der Waals surface area contributed by atoms with E-state index < -0.39 is 5.60 Å². The number of hydrogen-bond acceptors (Lipinski definition) is 5. The minimum Gasteiger partial charge on any atom is -0.489 e. The number of aliphatic hydroxyl groups is 3. The van der Waals surface area contributed by atoms with E-state index in [2.05, 4.69) is 24.4 Å². The third-order valence-electron chi connectivity index (χ3n) is 5.59. The molecule has 1 aromatic carbocycles. The first-order valence-electron chi connectivity index (χ1n) is 10.4. The van der Waals surface area contributed by atoms with Crippen LogP contribution >= 0.6 is 11.3 Å². The highest BCUT2D eigenvalue weighted by molar-refractivity contribution is 7.11. The number of allylic oxidation sites excluding steroid dienone is 2. The van der Waals surface area contributed by atoms with Crippen molar-refractivity contribution < 1.29 is 20.1 Å². The lowest BCUT2D eigenvalue weighted by atomic mass is 9.91. The number of hydrogen-bond donors (Lipinski definition) is 3. The molecule has 1 heterocycles. The van der Waals surface area contributed by atoms with Gasteiger partial charge in [0, 0.05) is 10.4 Å². The first-order chi connectivity index (χ1) is 14.0. The summed E-state index contributed by atoms with van der Waals surface area (Å²) in [6.07, 6.45) is 6.47. The van der Waals surface area contributed by atoms with Crippen molar-refractivity contribution in [1.29, 1.82) is 0 Å². The summed E-state index contributed by atoms with van der Waals surface area (Å²) in [6.45, 7) is 6.49. The van der Waals surface area contributed by atoms with E-state index in [1.807, 2.05) is 19.9 Å². The van der Waals surface area contributed by atoms with Crippen LogP contribution in [0.25, 0.3) is 5.57 Å². The van der Waals surface area contributed by atoms with Gasteiger partial charge in [0.2, 0.25) is 0 Å². The molecule has 160 valence electrons. The average molecular weight is 419 g/mol. The van der Waals surface area contributed by atoms with Gasteiger partial charge in [-0.05, 0) is 72.4 Å². The lowest BCUT2D eigenvalue weighted by Gasteiger charge is -2.24. The molecule has 2 rings (SSSR count). The molecule has 0 spiro atoms. The zero-order valence-corrected chi connectivity index (χ0v) is 18.6. The molecule has 0 atom stereocenters. The summed E-state index contributed by atoms with van der Waals surface area (Å²) in [5.74, 6) is 0.684. The van der Waals surface area contributed by atoms with Gasteiger partial charge in [-0.3, -0.25) is 0 Å². The second-order valence-corrected chi connectivity index (χ2v) is 8.32. The molecule has 4 nitrogen and oxygen atoms in total. The molecule has 0 saturated carbocycles. The third kappa shape index (κ3) is 6.68. The number of ether oxygens (including phenoxy) is 1. The van der Waals surface area contributed by atoms with Gasteiger partial charge >= 0.3 is 0 Å². The number of rotatable bonds is 12. The van der Waals surface area contributed by atoms with Crippen molar-refractivity contribution in [2.24, 2.45) is 0 Å². The Morgan fingerprint density at radius 3 is 2.41 bits per heavy atom. The maximum absolute atomic E-state index is 10.5. The number of benzene rings is 1. The molecule has 0 amide bonds. The predicted octanol–water partition coefficient (Wildman–Crippen LogP) is 5.44. The maximum atomic E-state index is 10.5. The molecule has 0 aliphatic carbocycles. The molecule has 5 heteroatoms. The van der Waals surface area contributed by atoms with Gasteiger partial charge in [-0.2, -0.15) is 0 Å². The zero-order chi connectivity index (χ0) is 21.3. The van der Waals surface area contributed by atoms with Crippen LogP contribution in [0.4, 0.5) is 0 Å². The fourth-order valence-corrected chi connectivity index (χ4v) is 4.33. The topological polar surface area (TPSA) is 69.9 Å². The van der Waals surface area contributed by atoms with Crippen LogP contribution in [0, 0.1) is 0 Å². The Kier molecular flexibility index (Phi) is 9.37. The minimum atomic E-state index is -0.553. The summed E-state index contributed by atoms with van der Waals surface area (Å²) in [4.78, 5) is 1.24. The molecule has 0 saturated heterocycles. The summed E-state index contributed by atoms with van der Waals surface area (Å²) in [5, 5.41) is 31.3. The van der Waals surface area contributed by atoms with Crippen molar-refractivity contribution in [3.63, 3.8) is 0 Å². The van der Waals surface area contributed by atoms with E-state index in [4.69, 9.17) is 4.74 Å². The monoisotopic (exact) mass is 418 g/mol. The fraction of sp³-hybridized carbons (Fsp3) is 0.500. The summed E-state index contributed by atoms with van der Waals surface area (Å²) < 4.78 is 5.88. The van der Waals surface area contributed by atoms with Crippen LogP contribution in [0.3, 0.4) is 0 Å². The van der Waals surface area contributed by atoms with Crippen molar-refractivity contribution in [1.82, 2.24) is 0 Å². The Labute approximate surface area is 178 Å². The molecule has 0 radical (unpaired) electrons. The summed E-state index contributed by atoms with van der Waals surface area (Å²) in [7, 11) is 0. The van der Waals surface area contributed by atoms with Gasteiger partial charge in [-0.15, -0.1) is 11.3 Å². The Hall–Kier alpha value is -1.66. The fourth-order valence-electron chi connectivity index (χ4n) is 3.32. The second-order valence-electron chi connectivity index (χ2n) is 7.41. The molecule has 0 bridgehead atoms. The number of thiophene rings is 1. The molecule has 1 aromatic heterocycles. The predicted molar refractivity (Wildman–Crippen MR) is 120 cm³/mol. The van der Waals surface area contributed by atoms with E-state index in [0.717, 1.165) is 37.7 Å². The molecule has 0 aliphatic rings. The van der Waals surface area contributed by atoms with Gasteiger partial charge in [-0.25, -0.2) is 0 Å². The smallest absolute Gasteiger partial charge is 0.120 e. The lowest BCUT2D eigenvalue weighted by molar-refractivity contribution is 0.0246. The standard InChI is InChI=1S/C24H34O4S/c1-4-19(8-7-11-24(27,5-2)6-3)23-12-18(17-29-23)16-28-22-10-9-20(14-25)21(13-22)15-26/h8-10,12-13,17,25-27H,4-7,11,14-16H2,1-3H3/b19-8-. The van der Waals surface area contributed by atoms with Gasteiger partial charge in [0.15, 0.2) is 0 Å². The third-order valence-corrected chi connectivity index (χ3v) is 6.65. The molecule has 3 N–H and O–H groups in total. The molecule has 2 aromatic rings. The molecule has 29 heavy (non-hydrogen) atoms. The highest BCUT2D eigenvalue weighted by atomic mass is 32.1. The van der Waals surface area contributed by atoms with E-state index in [0.29, 0.717) is 23.5 Å². The van der Waals surface area contributed by atoms with Crippen molar-refractivity contribution in [2.75, 3.05) is 0 Å². The zero-order valence-electron chi connectivity index (χ0n) is 17.8. The van der Waals surface area contributed by atoms with Crippen molar-refractivity contribution in [3.05, 3.63) is 57.3 Å². The van der Waals surface area contributed by atoms with Crippen molar-refractivity contribution in [2.45, 2.75) is 78.3 Å². The first kappa shape index (κ1) is 23.6. The summed E-state index contributed by atoms with van der Waals surface area (Å²) in [6, 6.07) is 7.54. The SMILES string of the molecule is CC/C(=C/CCC(O)(CC)CC)c1cc(COc2ccc(CO)c(CO)c2)cs1. The summed E-state index contributed by atoms with van der Waals surface area (Å²) in [5.41, 5.74) is 3.27. The molecule has 0 aliphatic heterocycles. The van der Waals surface area contributed by atoms with Crippen LogP contribution in [0.2, 0.25) is 0 Å². The Balaban J connectivity index is 1.99. The van der Waals surface area contributed by atoms with Gasteiger partial charge in [0.25, 0.3) is 0 Å². The van der Waals surface area contributed by atoms with Crippen molar-refractivity contribution >= 4 is 16.9 Å². The normalized spacial score (nSPS) is 12.4. The van der Waals surface area contributed by atoms with E-state index >= 15 is 0 Å². The van der Waals surface area contributed by atoms with E-state index in [9.17, 15) is 15.3 Å². The largest absolute Gasteiger partial charge is 0.489 e. The van der Waals surface area contributed by atoms with Gasteiger partial charge < -0.3 is 20.1 Å². The molecular weight excluding hydrogens is 384 g/mol. The van der Waals surface area contributed by atoms with Crippen LogP contribution in [0.5, 0.6) is 5.75 Å². The molecule has 0 unspecified atom stereocenters. The minimum absolute atomic E-state index is 0.0931. The quantitative estimate of drug-likeness (QED) is 0.429. The van der Waals surface area contributed by atoms with E-state index in [-0.39, 0.29) is 13.2 Å². The Bertz CT molecular complexity index is 790. The number of aliphatic hydroxyl groups excluding tert-OH is 2. The average Bonchev–Trinajstić information content (AvgIpc) is 3.23. The van der Waals surface area contributed by atoms with Gasteiger partial charge in [-0.1, -0.05) is 32.9 Å².